The first-order chi connectivity index (χ1) is 12.6. The second kappa shape index (κ2) is 8.47. The fraction of sp³-hybridized carbons (Fsp3) is 0.333. The van der Waals surface area contributed by atoms with E-state index in [9.17, 15) is 9.59 Å². The minimum absolute atomic E-state index is 0.0329. The zero-order valence-electron chi connectivity index (χ0n) is 14.4. The lowest BCUT2D eigenvalue weighted by molar-refractivity contribution is -0.139. The minimum Gasteiger partial charge on any atom is -0.480 e. The lowest BCUT2D eigenvalue weighted by atomic mass is 9.86. The number of carbonyl (C=O) groups excluding carboxylic acids is 1. The van der Waals surface area contributed by atoms with E-state index >= 15 is 0 Å². The Morgan fingerprint density at radius 3 is 2.35 bits per heavy atom. The molecule has 1 unspecified atom stereocenters. The van der Waals surface area contributed by atoms with E-state index in [0.29, 0.717) is 30.7 Å². The van der Waals surface area contributed by atoms with Crippen LogP contribution in [-0.4, -0.2) is 28.9 Å². The van der Waals surface area contributed by atoms with Gasteiger partial charge in [-0.15, -0.1) is 0 Å². The molecule has 3 atom stereocenters. The summed E-state index contributed by atoms with van der Waals surface area (Å²) in [5, 5.41) is 12.7. The number of ketones is 1. The Morgan fingerprint density at radius 2 is 1.69 bits per heavy atom. The SMILES string of the molecule is O=C(O)[C@@H]1CC[C@H](C(=O)CCC(c2ccccc2)c2ccccc2Cl)N1. The highest BCUT2D eigenvalue weighted by atomic mass is 35.5. The lowest BCUT2D eigenvalue weighted by Crippen LogP contribution is -2.39. The highest BCUT2D eigenvalue weighted by Gasteiger charge is 2.33. The van der Waals surface area contributed by atoms with E-state index < -0.39 is 12.0 Å². The van der Waals surface area contributed by atoms with Crippen molar-refractivity contribution < 1.29 is 14.7 Å². The highest BCUT2D eigenvalue weighted by Crippen LogP contribution is 2.34. The van der Waals surface area contributed by atoms with E-state index in [-0.39, 0.29) is 17.7 Å². The number of rotatable bonds is 7. The second-order valence-corrected chi connectivity index (χ2v) is 7.08. The summed E-state index contributed by atoms with van der Waals surface area (Å²) in [6, 6.07) is 16.8. The van der Waals surface area contributed by atoms with Crippen molar-refractivity contribution in [2.24, 2.45) is 0 Å². The van der Waals surface area contributed by atoms with Crippen molar-refractivity contribution in [2.75, 3.05) is 0 Å². The first-order valence-electron chi connectivity index (χ1n) is 8.87. The smallest absolute Gasteiger partial charge is 0.320 e. The molecule has 1 saturated heterocycles. The maximum atomic E-state index is 12.6. The van der Waals surface area contributed by atoms with Gasteiger partial charge in [0.15, 0.2) is 0 Å². The number of carboxylic acids is 1. The normalized spacial score (nSPS) is 20.7. The van der Waals surface area contributed by atoms with Crippen LogP contribution in [0.1, 0.15) is 42.7 Å². The Labute approximate surface area is 158 Å². The van der Waals surface area contributed by atoms with E-state index in [1.807, 2.05) is 54.6 Å². The second-order valence-electron chi connectivity index (χ2n) is 6.68. The number of carbonyl (C=O) groups is 2. The maximum absolute atomic E-state index is 12.6. The molecule has 1 heterocycles. The van der Waals surface area contributed by atoms with E-state index in [1.54, 1.807) is 0 Å². The number of hydrogen-bond acceptors (Lipinski definition) is 3. The van der Waals surface area contributed by atoms with Gasteiger partial charge in [0, 0.05) is 17.4 Å². The quantitative estimate of drug-likeness (QED) is 0.771. The molecular weight excluding hydrogens is 350 g/mol. The van der Waals surface area contributed by atoms with Crippen molar-refractivity contribution in [3.8, 4) is 0 Å². The van der Waals surface area contributed by atoms with Crippen LogP contribution in [0.3, 0.4) is 0 Å². The molecule has 0 spiro atoms. The molecule has 2 N–H and O–H groups in total. The molecule has 26 heavy (non-hydrogen) atoms. The maximum Gasteiger partial charge on any atom is 0.320 e. The van der Waals surface area contributed by atoms with Crippen molar-refractivity contribution in [3.63, 3.8) is 0 Å². The molecule has 2 aromatic rings. The van der Waals surface area contributed by atoms with Crippen LogP contribution >= 0.6 is 11.6 Å². The predicted molar refractivity (Wildman–Crippen MR) is 102 cm³/mol. The Bertz CT molecular complexity index is 778. The van der Waals surface area contributed by atoms with Crippen LogP contribution in [0.2, 0.25) is 5.02 Å². The molecule has 0 amide bonds. The molecule has 1 fully saturated rings. The Hall–Kier alpha value is -2.17. The molecule has 5 heteroatoms. The third-order valence-corrected chi connectivity index (χ3v) is 5.34. The molecular formula is C21H22ClNO3. The van der Waals surface area contributed by atoms with Gasteiger partial charge in [-0.05, 0) is 36.5 Å². The Balaban J connectivity index is 1.72. The van der Waals surface area contributed by atoms with Crippen LogP contribution in [0.15, 0.2) is 54.6 Å². The number of nitrogens with one attached hydrogen (secondary N) is 1. The van der Waals surface area contributed by atoms with Gasteiger partial charge in [-0.25, -0.2) is 0 Å². The van der Waals surface area contributed by atoms with Crippen molar-refractivity contribution in [1.29, 1.82) is 0 Å². The van der Waals surface area contributed by atoms with Crippen LogP contribution in [0.25, 0.3) is 0 Å². The summed E-state index contributed by atoms with van der Waals surface area (Å²) in [6.07, 6.45) is 2.10. The first kappa shape index (κ1) is 18.6. The molecule has 1 aliphatic heterocycles. The van der Waals surface area contributed by atoms with E-state index in [4.69, 9.17) is 16.7 Å². The Kier molecular flexibility index (Phi) is 6.07. The van der Waals surface area contributed by atoms with Gasteiger partial charge in [-0.1, -0.05) is 60.1 Å². The van der Waals surface area contributed by atoms with Gasteiger partial charge in [0.1, 0.15) is 11.8 Å². The summed E-state index contributed by atoms with van der Waals surface area (Å²) < 4.78 is 0. The lowest BCUT2D eigenvalue weighted by Gasteiger charge is -2.20. The number of aliphatic carboxylic acids is 1. The number of halogens is 1. The van der Waals surface area contributed by atoms with Gasteiger partial charge >= 0.3 is 5.97 Å². The van der Waals surface area contributed by atoms with Gasteiger partial charge in [0.05, 0.1) is 6.04 Å². The number of benzene rings is 2. The van der Waals surface area contributed by atoms with Crippen LogP contribution in [0, 0.1) is 0 Å². The van der Waals surface area contributed by atoms with Gasteiger partial charge in [-0.2, -0.15) is 0 Å². The summed E-state index contributed by atoms with van der Waals surface area (Å²) in [7, 11) is 0. The van der Waals surface area contributed by atoms with Crippen molar-refractivity contribution >= 4 is 23.4 Å². The van der Waals surface area contributed by atoms with Crippen molar-refractivity contribution in [2.45, 2.75) is 43.7 Å². The number of hydrogen-bond donors (Lipinski definition) is 2. The minimum atomic E-state index is -0.890. The summed E-state index contributed by atoms with van der Waals surface area (Å²) in [5.41, 5.74) is 2.13. The van der Waals surface area contributed by atoms with Crippen LogP contribution in [-0.2, 0) is 9.59 Å². The molecule has 3 rings (SSSR count). The van der Waals surface area contributed by atoms with E-state index in [0.717, 1.165) is 11.1 Å². The molecule has 0 saturated carbocycles. The third kappa shape index (κ3) is 4.32. The molecule has 0 aromatic heterocycles. The highest BCUT2D eigenvalue weighted by molar-refractivity contribution is 6.31. The molecule has 4 nitrogen and oxygen atoms in total. The molecule has 136 valence electrons. The average molecular weight is 372 g/mol. The first-order valence-corrected chi connectivity index (χ1v) is 9.25. The summed E-state index contributed by atoms with van der Waals surface area (Å²) in [4.78, 5) is 23.6. The van der Waals surface area contributed by atoms with E-state index in [2.05, 4.69) is 5.32 Å². The fourth-order valence-electron chi connectivity index (χ4n) is 3.60. The fourth-order valence-corrected chi connectivity index (χ4v) is 3.86. The van der Waals surface area contributed by atoms with Crippen LogP contribution in [0.4, 0.5) is 0 Å². The average Bonchev–Trinajstić information content (AvgIpc) is 3.15. The third-order valence-electron chi connectivity index (χ3n) is 5.00. The zero-order valence-corrected chi connectivity index (χ0v) is 15.2. The summed E-state index contributed by atoms with van der Waals surface area (Å²) in [6.45, 7) is 0. The van der Waals surface area contributed by atoms with Gasteiger partial charge in [0.2, 0.25) is 0 Å². The molecule has 0 bridgehead atoms. The molecule has 0 radical (unpaired) electrons. The predicted octanol–water partition coefficient (Wildman–Crippen LogP) is 4.03. The Morgan fingerprint density at radius 1 is 1.04 bits per heavy atom. The number of carboxylic acid groups (broad SMARTS) is 1. The van der Waals surface area contributed by atoms with Crippen LogP contribution < -0.4 is 5.32 Å². The largest absolute Gasteiger partial charge is 0.480 e. The molecule has 2 aromatic carbocycles. The van der Waals surface area contributed by atoms with Crippen molar-refractivity contribution in [1.82, 2.24) is 5.32 Å². The van der Waals surface area contributed by atoms with Gasteiger partial charge in [-0.3, -0.25) is 14.9 Å². The van der Waals surface area contributed by atoms with Gasteiger partial charge in [0.25, 0.3) is 0 Å². The van der Waals surface area contributed by atoms with Gasteiger partial charge < -0.3 is 5.11 Å². The topological polar surface area (TPSA) is 66.4 Å². The van der Waals surface area contributed by atoms with Crippen LogP contribution in [0.5, 0.6) is 0 Å². The standard InChI is InChI=1S/C21H22ClNO3/c22-17-9-5-4-8-16(17)15(14-6-2-1-3-7-14)10-13-20(24)18-11-12-19(23-18)21(25)26/h1-9,15,18-19,23H,10-13H2,(H,25,26)/t15?,18-,19+/m1/s1. The zero-order chi connectivity index (χ0) is 18.5. The molecule has 0 aliphatic carbocycles. The van der Waals surface area contributed by atoms with Crippen molar-refractivity contribution in [3.05, 3.63) is 70.7 Å². The number of Topliss-reactive ketones (excluding diaryl/α,β-unsaturated/α-hetero) is 1. The van der Waals surface area contributed by atoms with E-state index in [1.165, 1.54) is 0 Å². The monoisotopic (exact) mass is 371 g/mol. The molecule has 1 aliphatic rings. The summed E-state index contributed by atoms with van der Waals surface area (Å²) >= 11 is 6.40. The summed E-state index contributed by atoms with van der Waals surface area (Å²) in [5.74, 6) is -0.786.